The summed E-state index contributed by atoms with van der Waals surface area (Å²) in [4.78, 5) is 0. The lowest BCUT2D eigenvalue weighted by atomic mass is 9.55. The Hall–Kier alpha value is -0.610. The van der Waals surface area contributed by atoms with Crippen LogP contribution >= 0.6 is 0 Å². The fourth-order valence-electron chi connectivity index (χ4n) is 7.69. The molecule has 24 heavy (non-hydrogen) atoms. The molecule has 134 valence electrons. The molecule has 0 radical (unpaired) electrons. The first-order chi connectivity index (χ1) is 11.6. The summed E-state index contributed by atoms with van der Waals surface area (Å²) in [6.07, 6.45) is 11.6. The van der Waals surface area contributed by atoms with E-state index < -0.39 is 0 Å². The van der Waals surface area contributed by atoms with Crippen molar-refractivity contribution in [1.82, 2.24) is 5.32 Å². The number of nitrogens with two attached hydrogens (primary N) is 1. The molecule has 3 aliphatic carbocycles. The fourth-order valence-corrected chi connectivity index (χ4v) is 7.69. The highest BCUT2D eigenvalue weighted by atomic mass is 16.5. The highest BCUT2D eigenvalue weighted by Crippen LogP contribution is 2.67. The maximum absolute atomic E-state index is 7.11. The number of nitrogens with zero attached hydrogens (tertiary/aromatic N) is 1. The van der Waals surface area contributed by atoms with Crippen LogP contribution in [-0.2, 0) is 4.74 Å². The molecule has 4 heteroatoms. The van der Waals surface area contributed by atoms with Gasteiger partial charge in [0, 0.05) is 36.1 Å². The molecule has 3 saturated carbocycles. The number of ether oxygens (including phenoxy) is 1. The van der Waals surface area contributed by atoms with E-state index in [2.05, 4.69) is 24.3 Å². The third-order valence-electron chi connectivity index (χ3n) is 8.43. The van der Waals surface area contributed by atoms with Gasteiger partial charge in [-0.2, -0.15) is 5.10 Å². The van der Waals surface area contributed by atoms with Crippen molar-refractivity contribution in [3.63, 3.8) is 0 Å². The number of hydrazone groups is 1. The van der Waals surface area contributed by atoms with Crippen LogP contribution in [0.25, 0.3) is 0 Å². The van der Waals surface area contributed by atoms with Crippen LogP contribution < -0.4 is 11.2 Å². The minimum absolute atomic E-state index is 0.0519. The summed E-state index contributed by atoms with van der Waals surface area (Å²) >= 11 is 0. The lowest BCUT2D eigenvalue weighted by Gasteiger charge is -2.62. The average Bonchev–Trinajstić information content (AvgIpc) is 2.83. The van der Waals surface area contributed by atoms with Crippen molar-refractivity contribution in [2.75, 3.05) is 0 Å². The van der Waals surface area contributed by atoms with Gasteiger partial charge in [0.05, 0.1) is 11.2 Å². The van der Waals surface area contributed by atoms with Crippen LogP contribution in [0.2, 0.25) is 0 Å². The second-order valence-corrected chi connectivity index (χ2v) is 9.59. The zero-order chi connectivity index (χ0) is 16.5. The Balaban J connectivity index is 1.54. The molecule has 6 fully saturated rings. The molecule has 1 spiro atoms. The number of hydrogen-bond acceptors (Lipinski definition) is 4. The Morgan fingerprint density at radius 2 is 2.04 bits per heavy atom. The van der Waals surface area contributed by atoms with Crippen LogP contribution in [0.1, 0.15) is 71.6 Å². The van der Waals surface area contributed by atoms with Gasteiger partial charge in [0.2, 0.25) is 0 Å². The third-order valence-corrected chi connectivity index (χ3v) is 8.43. The third kappa shape index (κ3) is 1.90. The number of hydrogen-bond donors (Lipinski definition) is 2. The summed E-state index contributed by atoms with van der Waals surface area (Å²) in [5.74, 6) is 8.48. The lowest BCUT2D eigenvalue weighted by molar-refractivity contribution is -0.257. The maximum atomic E-state index is 7.11. The summed E-state index contributed by atoms with van der Waals surface area (Å²) < 4.78 is 7.11. The molecule has 3 saturated heterocycles. The Bertz CT molecular complexity index is 563. The van der Waals surface area contributed by atoms with Crippen LogP contribution in [0.3, 0.4) is 0 Å². The molecule has 6 rings (SSSR count). The number of nitrogens with one attached hydrogen (secondary N) is 1. The van der Waals surface area contributed by atoms with Gasteiger partial charge in [-0.3, -0.25) is 0 Å². The number of fused-ring (bicyclic) bond motifs is 1. The minimum Gasteiger partial charge on any atom is -0.367 e. The second-order valence-electron chi connectivity index (χ2n) is 9.59. The van der Waals surface area contributed by atoms with E-state index in [0.717, 1.165) is 18.3 Å². The van der Waals surface area contributed by atoms with Gasteiger partial charge in [0.25, 0.3) is 0 Å². The van der Waals surface area contributed by atoms with Gasteiger partial charge in [0.1, 0.15) is 0 Å². The van der Waals surface area contributed by atoms with Gasteiger partial charge in [-0.15, -0.1) is 0 Å². The SMILES string of the molecule is C[C@@H]1CCC[C@H]([C@H]2C[C@@H]3[C@H]4C(=NN)C[C@]5(CCCC[C@@H]35)OC24C)N1. The topological polar surface area (TPSA) is 59.6 Å². The van der Waals surface area contributed by atoms with Crippen LogP contribution in [0.5, 0.6) is 0 Å². The first kappa shape index (κ1) is 15.6. The number of piperidine rings is 1. The summed E-state index contributed by atoms with van der Waals surface area (Å²) in [5.41, 5.74) is 1.28. The molecule has 8 atom stereocenters. The zero-order valence-electron chi connectivity index (χ0n) is 15.3. The molecule has 4 nitrogen and oxygen atoms in total. The smallest absolute Gasteiger partial charge is 0.0788 e. The Morgan fingerprint density at radius 1 is 1.17 bits per heavy atom. The summed E-state index contributed by atoms with van der Waals surface area (Å²) in [7, 11) is 0. The average molecular weight is 332 g/mol. The van der Waals surface area contributed by atoms with E-state index in [1.165, 1.54) is 57.1 Å². The van der Waals surface area contributed by atoms with Gasteiger partial charge in [-0.1, -0.05) is 19.3 Å². The van der Waals surface area contributed by atoms with E-state index in [9.17, 15) is 0 Å². The molecule has 4 bridgehead atoms. The molecule has 0 amide bonds. The Kier molecular flexibility index (Phi) is 3.39. The van der Waals surface area contributed by atoms with Crippen LogP contribution in [0, 0.1) is 23.7 Å². The molecule has 0 aromatic rings. The van der Waals surface area contributed by atoms with Crippen LogP contribution in [0.4, 0.5) is 0 Å². The molecule has 1 unspecified atom stereocenters. The summed E-state index contributed by atoms with van der Waals surface area (Å²) in [6.45, 7) is 4.74. The molecule has 3 heterocycles. The highest BCUT2D eigenvalue weighted by Gasteiger charge is 2.71. The second kappa shape index (κ2) is 5.20. The highest BCUT2D eigenvalue weighted by molar-refractivity contribution is 5.91. The quantitative estimate of drug-likeness (QED) is 0.573. The zero-order valence-corrected chi connectivity index (χ0v) is 15.3. The van der Waals surface area contributed by atoms with E-state index >= 15 is 0 Å². The predicted molar refractivity (Wildman–Crippen MR) is 95.7 cm³/mol. The lowest BCUT2D eigenvalue weighted by Crippen LogP contribution is -2.68. The van der Waals surface area contributed by atoms with Crippen molar-refractivity contribution < 1.29 is 4.74 Å². The van der Waals surface area contributed by atoms with E-state index in [1.807, 2.05) is 0 Å². The fraction of sp³-hybridized carbons (Fsp3) is 0.950. The molecule has 3 aliphatic heterocycles. The van der Waals surface area contributed by atoms with Gasteiger partial charge in [0.15, 0.2) is 0 Å². The van der Waals surface area contributed by atoms with E-state index in [-0.39, 0.29) is 11.2 Å². The van der Waals surface area contributed by atoms with Gasteiger partial charge < -0.3 is 15.9 Å². The van der Waals surface area contributed by atoms with Crippen molar-refractivity contribution in [2.24, 2.45) is 34.6 Å². The number of rotatable bonds is 1. The molecule has 3 N–H and O–H groups in total. The van der Waals surface area contributed by atoms with E-state index in [1.54, 1.807) is 0 Å². The van der Waals surface area contributed by atoms with Gasteiger partial charge >= 0.3 is 0 Å². The Morgan fingerprint density at radius 3 is 2.83 bits per heavy atom. The first-order valence-electron chi connectivity index (χ1n) is 10.3. The largest absolute Gasteiger partial charge is 0.367 e. The molecular weight excluding hydrogens is 298 g/mol. The Labute approximate surface area is 146 Å². The normalized spacial score (nSPS) is 58.0. The molecule has 6 aliphatic rings. The van der Waals surface area contributed by atoms with Crippen molar-refractivity contribution >= 4 is 5.71 Å². The standard InChI is InChI=1S/C20H33N3O/c1-12-6-5-8-16(22-12)15-10-13-14-7-3-4-9-20(14)11-17(23-21)18(13)19(15,2)24-20/h12-16,18,22H,3-11,21H2,1-2H3/t12-,13+,14+,15-,16-,18+,19?,20+/m1/s1. The monoisotopic (exact) mass is 331 g/mol. The van der Waals surface area contributed by atoms with Gasteiger partial charge in [-0.05, 0) is 57.8 Å². The van der Waals surface area contributed by atoms with Crippen molar-refractivity contribution in [1.29, 1.82) is 0 Å². The van der Waals surface area contributed by atoms with E-state index in [4.69, 9.17) is 10.6 Å². The summed E-state index contributed by atoms with van der Waals surface area (Å²) in [6, 6.07) is 1.26. The van der Waals surface area contributed by atoms with Crippen molar-refractivity contribution in [3.8, 4) is 0 Å². The molecule has 0 aromatic heterocycles. The summed E-state index contributed by atoms with van der Waals surface area (Å²) in [5, 5.41) is 8.23. The predicted octanol–water partition coefficient (Wildman–Crippen LogP) is 3.21. The van der Waals surface area contributed by atoms with Crippen molar-refractivity contribution in [3.05, 3.63) is 0 Å². The first-order valence-corrected chi connectivity index (χ1v) is 10.3. The van der Waals surface area contributed by atoms with Crippen LogP contribution in [-0.4, -0.2) is 29.0 Å². The van der Waals surface area contributed by atoms with Crippen molar-refractivity contribution in [2.45, 2.75) is 94.9 Å². The minimum atomic E-state index is -0.0519. The van der Waals surface area contributed by atoms with E-state index in [0.29, 0.717) is 23.9 Å². The maximum Gasteiger partial charge on any atom is 0.0788 e. The van der Waals surface area contributed by atoms with Crippen LogP contribution in [0.15, 0.2) is 5.10 Å². The molecule has 0 aromatic carbocycles. The van der Waals surface area contributed by atoms with Gasteiger partial charge in [-0.25, -0.2) is 0 Å². The molecular formula is C20H33N3O.